The molecule has 2 heterocycles. The van der Waals surface area contributed by atoms with Crippen LogP contribution < -0.4 is 14.2 Å². The summed E-state index contributed by atoms with van der Waals surface area (Å²) in [7, 11) is 0. The van der Waals surface area contributed by atoms with Crippen molar-refractivity contribution in [1.82, 2.24) is 4.90 Å². The number of hydrogen-bond donors (Lipinski definition) is 0. The summed E-state index contributed by atoms with van der Waals surface area (Å²) in [6, 6.07) is 22.4. The van der Waals surface area contributed by atoms with Crippen LogP contribution in [-0.2, 0) is 11.3 Å². The molecule has 1 fully saturated rings. The monoisotopic (exact) mass is 407 g/mol. The molecule has 0 radical (unpaired) electrons. The Morgan fingerprint density at radius 3 is 2.52 bits per heavy atom. The quantitative estimate of drug-likeness (QED) is 0.580. The van der Waals surface area contributed by atoms with Crippen molar-refractivity contribution in [3.05, 3.63) is 88.9 Å². The molecule has 0 unspecified atom stereocenters. The summed E-state index contributed by atoms with van der Waals surface area (Å²) in [5.41, 5.74) is 1.95. The van der Waals surface area contributed by atoms with E-state index in [9.17, 15) is 4.79 Å². The van der Waals surface area contributed by atoms with Crippen molar-refractivity contribution < 1.29 is 19.0 Å². The second-order valence-corrected chi connectivity index (χ2v) is 7.44. The van der Waals surface area contributed by atoms with E-state index in [1.54, 1.807) is 0 Å². The number of halogens is 1. The van der Waals surface area contributed by atoms with Gasteiger partial charge in [0.15, 0.2) is 11.5 Å². The lowest BCUT2D eigenvalue weighted by Crippen LogP contribution is -2.60. The molecule has 1 saturated heterocycles. The van der Waals surface area contributed by atoms with Crippen LogP contribution in [0.15, 0.2) is 72.8 Å². The van der Waals surface area contributed by atoms with Crippen molar-refractivity contribution in [1.29, 1.82) is 0 Å². The van der Waals surface area contributed by atoms with Gasteiger partial charge in [0.25, 0.3) is 5.91 Å². The van der Waals surface area contributed by atoms with Crippen LogP contribution >= 0.6 is 11.6 Å². The number of ether oxygens (including phenoxy) is 3. The molecule has 3 aromatic carbocycles. The van der Waals surface area contributed by atoms with Gasteiger partial charge in [0.2, 0.25) is 12.9 Å². The summed E-state index contributed by atoms with van der Waals surface area (Å²) in [4.78, 5) is 14.8. The minimum Gasteiger partial charge on any atom is -0.478 e. The fourth-order valence-electron chi connectivity index (χ4n) is 3.69. The third kappa shape index (κ3) is 3.38. The molecular formula is C23H18ClNO4. The number of para-hydroxylation sites is 1. The van der Waals surface area contributed by atoms with E-state index in [0.717, 1.165) is 11.1 Å². The highest BCUT2D eigenvalue weighted by molar-refractivity contribution is 6.30. The summed E-state index contributed by atoms with van der Waals surface area (Å²) >= 11 is 5.99. The number of amides is 1. The number of carbonyl (C=O) groups excluding carboxylic acids is 1. The van der Waals surface area contributed by atoms with Gasteiger partial charge < -0.3 is 19.1 Å². The molecule has 2 aliphatic heterocycles. The molecule has 0 N–H and O–H groups in total. The summed E-state index contributed by atoms with van der Waals surface area (Å²) in [5.74, 6) is 2.02. The molecule has 146 valence electrons. The minimum absolute atomic E-state index is 0.0496. The molecule has 0 spiro atoms. The number of carbonyl (C=O) groups is 1. The molecular weight excluding hydrogens is 390 g/mol. The highest BCUT2D eigenvalue weighted by Crippen LogP contribution is 2.42. The van der Waals surface area contributed by atoms with Crippen molar-refractivity contribution in [3.8, 4) is 17.2 Å². The molecule has 1 amide bonds. The lowest BCUT2D eigenvalue weighted by molar-refractivity contribution is -0.165. The maximum Gasteiger partial charge on any atom is 0.267 e. The van der Waals surface area contributed by atoms with Gasteiger partial charge in [0, 0.05) is 11.6 Å². The number of likely N-dealkylation sites (tertiary alicyclic amines) is 1. The second-order valence-electron chi connectivity index (χ2n) is 7.00. The minimum atomic E-state index is -0.593. The molecule has 29 heavy (non-hydrogen) atoms. The van der Waals surface area contributed by atoms with E-state index in [1.165, 1.54) is 0 Å². The van der Waals surface area contributed by atoms with Gasteiger partial charge in [-0.1, -0.05) is 48.0 Å². The highest BCUT2D eigenvalue weighted by atomic mass is 35.5. The van der Waals surface area contributed by atoms with Crippen LogP contribution in [0.2, 0.25) is 5.02 Å². The fraction of sp³-hybridized carbons (Fsp3) is 0.174. The maximum absolute atomic E-state index is 13.0. The zero-order chi connectivity index (χ0) is 19.8. The average Bonchev–Trinajstić information content (AvgIpc) is 3.22. The van der Waals surface area contributed by atoms with Crippen LogP contribution in [0.25, 0.3) is 0 Å². The average molecular weight is 408 g/mol. The first-order valence-electron chi connectivity index (χ1n) is 9.35. The Hall–Kier alpha value is -3.18. The van der Waals surface area contributed by atoms with E-state index in [-0.39, 0.29) is 18.7 Å². The maximum atomic E-state index is 13.0. The van der Waals surface area contributed by atoms with E-state index in [0.29, 0.717) is 28.8 Å². The fourth-order valence-corrected chi connectivity index (χ4v) is 3.82. The van der Waals surface area contributed by atoms with Gasteiger partial charge in [-0.15, -0.1) is 0 Å². The van der Waals surface area contributed by atoms with Crippen molar-refractivity contribution in [2.75, 3.05) is 6.79 Å². The number of β-lactam (4-membered cyclic amide) rings is 1. The topological polar surface area (TPSA) is 48.0 Å². The predicted molar refractivity (Wildman–Crippen MR) is 108 cm³/mol. The van der Waals surface area contributed by atoms with E-state index in [1.807, 2.05) is 77.7 Å². The number of nitrogens with zero attached hydrogens (tertiary/aromatic N) is 1. The second kappa shape index (κ2) is 7.33. The molecule has 0 saturated carbocycles. The molecule has 2 atom stereocenters. The Balaban J connectivity index is 1.45. The zero-order valence-corrected chi connectivity index (χ0v) is 16.2. The summed E-state index contributed by atoms with van der Waals surface area (Å²) in [5, 5.41) is 0.668. The Kier molecular flexibility index (Phi) is 4.52. The Labute approximate surface area is 173 Å². The van der Waals surface area contributed by atoms with E-state index < -0.39 is 6.10 Å². The normalized spacial score (nSPS) is 19.8. The lowest BCUT2D eigenvalue weighted by atomic mass is 9.89. The van der Waals surface area contributed by atoms with Gasteiger partial charge in [-0.25, -0.2) is 0 Å². The van der Waals surface area contributed by atoms with Crippen LogP contribution in [0.4, 0.5) is 0 Å². The summed E-state index contributed by atoms with van der Waals surface area (Å²) in [6.07, 6.45) is -0.593. The van der Waals surface area contributed by atoms with Crippen LogP contribution in [0, 0.1) is 0 Å². The number of rotatable bonds is 5. The predicted octanol–water partition coefficient (Wildman–Crippen LogP) is 4.60. The molecule has 0 bridgehead atoms. The Bertz CT molecular complexity index is 1040. The van der Waals surface area contributed by atoms with Crippen LogP contribution in [0.1, 0.15) is 17.2 Å². The van der Waals surface area contributed by atoms with E-state index in [2.05, 4.69) is 0 Å². The number of hydrogen-bond acceptors (Lipinski definition) is 4. The van der Waals surface area contributed by atoms with Gasteiger partial charge in [0.05, 0.1) is 0 Å². The number of fused-ring (bicyclic) bond motifs is 1. The zero-order valence-electron chi connectivity index (χ0n) is 15.5. The summed E-state index contributed by atoms with van der Waals surface area (Å²) < 4.78 is 17.0. The molecule has 5 rings (SSSR count). The smallest absolute Gasteiger partial charge is 0.267 e. The van der Waals surface area contributed by atoms with E-state index >= 15 is 0 Å². The molecule has 6 heteroatoms. The van der Waals surface area contributed by atoms with Gasteiger partial charge in [-0.05, 0) is 47.5 Å². The van der Waals surface area contributed by atoms with Crippen molar-refractivity contribution in [2.45, 2.75) is 18.7 Å². The Morgan fingerprint density at radius 2 is 1.72 bits per heavy atom. The first-order valence-corrected chi connectivity index (χ1v) is 9.73. The lowest BCUT2D eigenvalue weighted by Gasteiger charge is -2.46. The Morgan fingerprint density at radius 1 is 0.966 bits per heavy atom. The molecule has 2 aliphatic rings. The first-order chi connectivity index (χ1) is 14.2. The largest absolute Gasteiger partial charge is 0.478 e. The van der Waals surface area contributed by atoms with Gasteiger partial charge in [-0.3, -0.25) is 4.79 Å². The van der Waals surface area contributed by atoms with Crippen molar-refractivity contribution >= 4 is 17.5 Å². The van der Waals surface area contributed by atoms with Crippen LogP contribution in [0.3, 0.4) is 0 Å². The molecule has 3 aromatic rings. The first kappa shape index (κ1) is 17.9. The van der Waals surface area contributed by atoms with Gasteiger partial charge >= 0.3 is 0 Å². The SMILES string of the molecule is O=C1[C@@H](Oc2ccccc2)[C@H](c2ccc3c(c2)OCO3)N1Cc1ccc(Cl)cc1. The van der Waals surface area contributed by atoms with Crippen LogP contribution in [0.5, 0.6) is 17.2 Å². The van der Waals surface area contributed by atoms with Crippen LogP contribution in [-0.4, -0.2) is 23.7 Å². The third-order valence-corrected chi connectivity index (χ3v) is 5.41. The summed E-state index contributed by atoms with van der Waals surface area (Å²) in [6.45, 7) is 0.685. The van der Waals surface area contributed by atoms with Gasteiger partial charge in [-0.2, -0.15) is 0 Å². The van der Waals surface area contributed by atoms with E-state index in [4.69, 9.17) is 25.8 Å². The highest BCUT2D eigenvalue weighted by Gasteiger charge is 2.50. The standard InChI is InChI=1S/C23H18ClNO4/c24-17-9-6-15(7-10-17)13-25-21(16-8-11-19-20(12-16)28-14-27-19)22(23(25)26)29-18-4-2-1-3-5-18/h1-12,21-22H,13-14H2/t21-,22-/m0/s1. The number of benzene rings is 3. The van der Waals surface area contributed by atoms with Crippen molar-refractivity contribution in [2.24, 2.45) is 0 Å². The molecule has 0 aromatic heterocycles. The third-order valence-electron chi connectivity index (χ3n) is 5.16. The molecule has 5 nitrogen and oxygen atoms in total. The van der Waals surface area contributed by atoms with Crippen molar-refractivity contribution in [3.63, 3.8) is 0 Å². The van der Waals surface area contributed by atoms with Gasteiger partial charge in [0.1, 0.15) is 11.8 Å². The molecule has 0 aliphatic carbocycles.